The first-order valence-corrected chi connectivity index (χ1v) is 6.53. The third kappa shape index (κ3) is 4.78. The second-order valence-corrected chi connectivity index (χ2v) is 4.30. The smallest absolute Gasteiger partial charge is 0.119 e. The first-order valence-electron chi connectivity index (χ1n) is 6.53. The number of rotatable bonds is 8. The van der Waals surface area contributed by atoms with Crippen molar-refractivity contribution in [2.45, 2.75) is 39.0 Å². The Balaban J connectivity index is 2.53. The van der Waals surface area contributed by atoms with Gasteiger partial charge in [0, 0.05) is 7.11 Å². The van der Waals surface area contributed by atoms with Gasteiger partial charge in [-0.15, -0.1) is 0 Å². The fourth-order valence-electron chi connectivity index (χ4n) is 2.03. The summed E-state index contributed by atoms with van der Waals surface area (Å²) in [6.45, 7) is 5.74. The molecule has 2 heteroatoms. The van der Waals surface area contributed by atoms with E-state index in [1.54, 1.807) is 7.11 Å². The van der Waals surface area contributed by atoms with Gasteiger partial charge in [0.25, 0.3) is 0 Å². The summed E-state index contributed by atoms with van der Waals surface area (Å²) >= 11 is 0. The summed E-state index contributed by atoms with van der Waals surface area (Å²) in [5.41, 5.74) is 1.42. The minimum absolute atomic E-state index is 0.613. The van der Waals surface area contributed by atoms with Crippen LogP contribution in [0.15, 0.2) is 24.3 Å². The normalized spacial score (nSPS) is 12.4. The van der Waals surface area contributed by atoms with Gasteiger partial charge in [-0.2, -0.15) is 0 Å². The second-order valence-electron chi connectivity index (χ2n) is 4.30. The van der Waals surface area contributed by atoms with Crippen molar-refractivity contribution in [2.24, 2.45) is 0 Å². The Kier molecular flexibility index (Phi) is 6.71. The van der Waals surface area contributed by atoms with Crippen molar-refractivity contribution in [1.29, 1.82) is 0 Å². The lowest BCUT2D eigenvalue weighted by atomic mass is 9.92. The maximum Gasteiger partial charge on any atom is 0.119 e. The summed E-state index contributed by atoms with van der Waals surface area (Å²) in [5, 5.41) is 0. The van der Waals surface area contributed by atoms with E-state index in [1.807, 2.05) is 0 Å². The van der Waals surface area contributed by atoms with Crippen LogP contribution in [0, 0.1) is 0 Å². The molecule has 1 aromatic rings. The van der Waals surface area contributed by atoms with Crippen molar-refractivity contribution in [3.8, 4) is 5.75 Å². The predicted octanol–water partition coefficient (Wildman–Crippen LogP) is 4.01. The molecular weight excluding hydrogens is 212 g/mol. The highest BCUT2D eigenvalue weighted by Gasteiger charge is 2.07. The molecule has 0 bridgehead atoms. The molecule has 0 aliphatic rings. The maximum atomic E-state index is 5.55. The zero-order valence-corrected chi connectivity index (χ0v) is 11.2. The van der Waals surface area contributed by atoms with Crippen LogP contribution in [0.5, 0.6) is 5.75 Å². The van der Waals surface area contributed by atoms with Crippen LogP contribution in [-0.4, -0.2) is 20.3 Å². The average Bonchev–Trinajstić information content (AvgIpc) is 2.37. The van der Waals surface area contributed by atoms with Crippen molar-refractivity contribution in [3.05, 3.63) is 29.8 Å². The minimum atomic E-state index is 0.613. The van der Waals surface area contributed by atoms with Gasteiger partial charge in [0.15, 0.2) is 0 Å². The fourth-order valence-corrected chi connectivity index (χ4v) is 2.03. The van der Waals surface area contributed by atoms with Crippen molar-refractivity contribution in [1.82, 2.24) is 0 Å². The van der Waals surface area contributed by atoms with Crippen molar-refractivity contribution >= 4 is 0 Å². The highest BCUT2D eigenvalue weighted by atomic mass is 16.5. The van der Waals surface area contributed by atoms with Crippen LogP contribution in [0.4, 0.5) is 0 Å². The molecule has 0 saturated heterocycles. The molecule has 0 amide bonds. The molecule has 0 spiro atoms. The standard InChI is InChI=1S/C15H24O2/c1-4-6-13(5-2)14-7-9-15(10-8-14)17-12-11-16-3/h7-10,13H,4-6,11-12H2,1-3H3. The molecule has 0 N–H and O–H groups in total. The Morgan fingerprint density at radius 2 is 1.76 bits per heavy atom. The van der Waals surface area contributed by atoms with Crippen LogP contribution in [-0.2, 0) is 4.74 Å². The number of hydrogen-bond acceptors (Lipinski definition) is 2. The first-order chi connectivity index (χ1) is 8.31. The molecule has 0 radical (unpaired) electrons. The Labute approximate surface area is 105 Å². The Morgan fingerprint density at radius 1 is 1.06 bits per heavy atom. The fraction of sp³-hybridized carbons (Fsp3) is 0.600. The molecule has 0 heterocycles. The van der Waals surface area contributed by atoms with Gasteiger partial charge in [-0.3, -0.25) is 0 Å². The summed E-state index contributed by atoms with van der Waals surface area (Å²) in [6.07, 6.45) is 3.71. The van der Waals surface area contributed by atoms with E-state index in [-0.39, 0.29) is 0 Å². The summed E-state index contributed by atoms with van der Waals surface area (Å²) in [4.78, 5) is 0. The summed E-state index contributed by atoms with van der Waals surface area (Å²) in [5.74, 6) is 1.62. The third-order valence-corrected chi connectivity index (χ3v) is 3.04. The van der Waals surface area contributed by atoms with Crippen LogP contribution in [0.2, 0.25) is 0 Å². The zero-order chi connectivity index (χ0) is 12.5. The van der Waals surface area contributed by atoms with E-state index < -0.39 is 0 Å². The average molecular weight is 236 g/mol. The monoisotopic (exact) mass is 236 g/mol. The highest BCUT2D eigenvalue weighted by Crippen LogP contribution is 2.26. The molecule has 0 aliphatic carbocycles. The van der Waals surface area contributed by atoms with Gasteiger partial charge in [-0.05, 0) is 36.5 Å². The van der Waals surface area contributed by atoms with Crippen molar-refractivity contribution in [3.63, 3.8) is 0 Å². The van der Waals surface area contributed by atoms with E-state index in [4.69, 9.17) is 9.47 Å². The number of ether oxygens (including phenoxy) is 2. The lowest BCUT2D eigenvalue weighted by Crippen LogP contribution is -2.04. The van der Waals surface area contributed by atoms with Crippen LogP contribution >= 0.6 is 0 Å². The summed E-state index contributed by atoms with van der Waals surface area (Å²) < 4.78 is 10.5. The topological polar surface area (TPSA) is 18.5 Å². The van der Waals surface area contributed by atoms with Gasteiger partial charge in [0.05, 0.1) is 6.61 Å². The Bertz CT molecular complexity index is 292. The number of hydrogen-bond donors (Lipinski definition) is 0. The predicted molar refractivity (Wildman–Crippen MR) is 71.8 cm³/mol. The van der Waals surface area contributed by atoms with E-state index in [9.17, 15) is 0 Å². The molecule has 0 fully saturated rings. The van der Waals surface area contributed by atoms with E-state index in [0.717, 1.165) is 5.75 Å². The van der Waals surface area contributed by atoms with Gasteiger partial charge in [0.1, 0.15) is 12.4 Å². The highest BCUT2D eigenvalue weighted by molar-refractivity contribution is 5.29. The molecule has 0 aliphatic heterocycles. The van der Waals surface area contributed by atoms with Gasteiger partial charge < -0.3 is 9.47 Å². The lowest BCUT2D eigenvalue weighted by molar-refractivity contribution is 0.146. The van der Waals surface area contributed by atoms with Gasteiger partial charge in [0.2, 0.25) is 0 Å². The van der Waals surface area contributed by atoms with E-state index in [1.165, 1.54) is 24.8 Å². The Hall–Kier alpha value is -1.02. The van der Waals surface area contributed by atoms with Crippen molar-refractivity contribution in [2.75, 3.05) is 20.3 Å². The molecular formula is C15H24O2. The van der Waals surface area contributed by atoms with Crippen LogP contribution in [0.3, 0.4) is 0 Å². The quantitative estimate of drug-likeness (QED) is 0.635. The molecule has 0 saturated carbocycles. The van der Waals surface area contributed by atoms with E-state index in [2.05, 4.69) is 38.1 Å². The summed E-state index contributed by atoms with van der Waals surface area (Å²) in [7, 11) is 1.68. The molecule has 0 aromatic heterocycles. The maximum absolute atomic E-state index is 5.55. The molecule has 1 atom stereocenters. The van der Waals surface area contributed by atoms with Crippen LogP contribution in [0.25, 0.3) is 0 Å². The van der Waals surface area contributed by atoms with Crippen molar-refractivity contribution < 1.29 is 9.47 Å². The van der Waals surface area contributed by atoms with Gasteiger partial charge >= 0.3 is 0 Å². The van der Waals surface area contributed by atoms with Gasteiger partial charge in [-0.25, -0.2) is 0 Å². The molecule has 1 rings (SSSR count). The number of methoxy groups -OCH3 is 1. The van der Waals surface area contributed by atoms with Crippen LogP contribution < -0.4 is 4.74 Å². The second kappa shape index (κ2) is 8.13. The molecule has 1 aromatic carbocycles. The molecule has 96 valence electrons. The molecule has 1 unspecified atom stereocenters. The SMILES string of the molecule is CCCC(CC)c1ccc(OCCOC)cc1. The molecule has 2 nitrogen and oxygen atoms in total. The van der Waals surface area contributed by atoms with E-state index >= 15 is 0 Å². The number of benzene rings is 1. The minimum Gasteiger partial charge on any atom is -0.491 e. The first kappa shape index (κ1) is 14.0. The zero-order valence-electron chi connectivity index (χ0n) is 11.2. The largest absolute Gasteiger partial charge is 0.491 e. The lowest BCUT2D eigenvalue weighted by Gasteiger charge is -2.14. The summed E-state index contributed by atoms with van der Waals surface area (Å²) in [6, 6.07) is 8.49. The van der Waals surface area contributed by atoms with Crippen LogP contribution in [0.1, 0.15) is 44.6 Å². The third-order valence-electron chi connectivity index (χ3n) is 3.04. The molecule has 17 heavy (non-hydrogen) atoms. The van der Waals surface area contributed by atoms with E-state index in [0.29, 0.717) is 19.1 Å². The Morgan fingerprint density at radius 3 is 2.29 bits per heavy atom. The van der Waals surface area contributed by atoms with Gasteiger partial charge in [-0.1, -0.05) is 32.4 Å².